The lowest BCUT2D eigenvalue weighted by Crippen LogP contribution is -2.47. The molecule has 2 aromatic carbocycles. The lowest BCUT2D eigenvalue weighted by Gasteiger charge is -2.31. The Hall–Kier alpha value is -4.36. The summed E-state index contributed by atoms with van der Waals surface area (Å²) < 4.78 is 47.7. The summed E-state index contributed by atoms with van der Waals surface area (Å²) >= 11 is 6.08. The van der Waals surface area contributed by atoms with Crippen molar-refractivity contribution in [1.29, 1.82) is 0 Å². The number of aromatic nitrogens is 4. The Morgan fingerprint density at radius 3 is 2.64 bits per heavy atom. The van der Waals surface area contributed by atoms with Gasteiger partial charge in [-0.3, -0.25) is 9.59 Å². The summed E-state index contributed by atoms with van der Waals surface area (Å²) in [6.45, 7) is 4.09. The Balaban J connectivity index is 1.46. The number of nitrogens with zero attached hydrogens (tertiary/aromatic N) is 5. The number of furan rings is 1. The maximum Gasteiger partial charge on any atom is 0.416 e. The Bertz CT molecular complexity index is 1870. The summed E-state index contributed by atoms with van der Waals surface area (Å²) in [5.41, 5.74) is 0.953. The molecule has 42 heavy (non-hydrogen) atoms. The molecule has 1 amide bonds. The predicted molar refractivity (Wildman–Crippen MR) is 152 cm³/mol. The number of benzene rings is 2. The van der Waals surface area contributed by atoms with E-state index in [1.165, 1.54) is 10.8 Å². The van der Waals surface area contributed by atoms with E-state index < -0.39 is 17.6 Å². The van der Waals surface area contributed by atoms with Crippen molar-refractivity contribution >= 4 is 45.6 Å². The number of halogens is 4. The molecule has 0 radical (unpaired) electrons. The van der Waals surface area contributed by atoms with E-state index in [2.05, 4.69) is 20.7 Å². The number of hydrogen-bond donors (Lipinski definition) is 2. The van der Waals surface area contributed by atoms with Crippen molar-refractivity contribution in [3.63, 3.8) is 0 Å². The second-order valence-electron chi connectivity index (χ2n) is 9.81. The molecule has 0 unspecified atom stereocenters. The molecule has 0 aliphatic carbocycles. The number of hydrogen-bond acceptors (Lipinski definition) is 7. The summed E-state index contributed by atoms with van der Waals surface area (Å²) in [5.74, 6) is -0.178. The van der Waals surface area contributed by atoms with Crippen LogP contribution < -0.4 is 21.1 Å². The molecule has 0 bridgehead atoms. The molecule has 5 aromatic rings. The molecule has 1 saturated heterocycles. The van der Waals surface area contributed by atoms with E-state index in [1.807, 2.05) is 36.1 Å². The first kappa shape index (κ1) is 27.8. The number of anilines is 2. The number of carbonyl (C=O) groups is 1. The molecular weight excluding hydrogens is 575 g/mol. The van der Waals surface area contributed by atoms with E-state index in [-0.39, 0.29) is 34.4 Å². The Morgan fingerprint density at radius 1 is 1.17 bits per heavy atom. The third-order valence-corrected chi connectivity index (χ3v) is 7.50. The normalized spacial score (nSPS) is 14.2. The van der Waals surface area contributed by atoms with Crippen LogP contribution in [0.3, 0.4) is 0 Å². The fourth-order valence-electron chi connectivity index (χ4n) is 5.21. The van der Waals surface area contributed by atoms with Gasteiger partial charge in [-0.2, -0.15) is 22.7 Å². The van der Waals surface area contributed by atoms with Crippen molar-refractivity contribution in [2.24, 2.45) is 0 Å². The van der Waals surface area contributed by atoms with Crippen LogP contribution in [-0.4, -0.2) is 51.3 Å². The van der Waals surface area contributed by atoms with Crippen LogP contribution in [0.15, 0.2) is 57.9 Å². The maximum atomic E-state index is 13.9. The number of alkyl halides is 3. The first-order valence-electron chi connectivity index (χ1n) is 13.3. The topological polar surface area (TPSA) is 110 Å². The number of nitrogens with one attached hydrogen (secondary N) is 2. The van der Waals surface area contributed by atoms with E-state index in [4.69, 9.17) is 16.0 Å². The quantitative estimate of drug-likeness (QED) is 0.294. The summed E-state index contributed by atoms with van der Waals surface area (Å²) in [5, 5.41) is 10.9. The largest absolute Gasteiger partial charge is 0.464 e. The standard InChI is InChI=1S/C28H25ClF3N7O3/c1-2-21-24(37-11-9-33-10-12-37)26(41)39-27(35-25(36-39)18-15-42-22-6-4-3-5-17(18)22)38(21)14-23(40)34-20-8-7-16(13-19(20)29)28(30,31)32/h3-8,13,15,33H,2,9-12,14H2,1H3,(H,34,40). The van der Waals surface area contributed by atoms with Crippen molar-refractivity contribution in [2.75, 3.05) is 36.4 Å². The van der Waals surface area contributed by atoms with Gasteiger partial charge in [-0.15, -0.1) is 5.10 Å². The molecular formula is C28H25ClF3N7O3. The van der Waals surface area contributed by atoms with Crippen molar-refractivity contribution in [3.05, 3.63) is 75.4 Å². The fraction of sp³-hybridized carbons (Fsp3) is 0.286. The van der Waals surface area contributed by atoms with Gasteiger partial charge in [-0.25, -0.2) is 0 Å². The summed E-state index contributed by atoms with van der Waals surface area (Å²) in [6, 6.07) is 10.1. The fourth-order valence-corrected chi connectivity index (χ4v) is 5.44. The number of para-hydroxylation sites is 1. The summed E-state index contributed by atoms with van der Waals surface area (Å²) in [7, 11) is 0. The van der Waals surface area contributed by atoms with E-state index in [0.29, 0.717) is 55.1 Å². The molecule has 1 aliphatic rings. The molecule has 1 fully saturated rings. The van der Waals surface area contributed by atoms with Crippen LogP contribution >= 0.6 is 11.6 Å². The molecule has 3 aromatic heterocycles. The SMILES string of the molecule is CCc1c(N2CCNCC2)c(=O)n2nc(-c3coc4ccccc34)nc2n1CC(=O)Nc1ccc(C(F)(F)F)cc1Cl. The molecule has 0 atom stereocenters. The Morgan fingerprint density at radius 2 is 1.93 bits per heavy atom. The van der Waals surface area contributed by atoms with Crippen molar-refractivity contribution in [3.8, 4) is 11.4 Å². The predicted octanol–water partition coefficient (Wildman–Crippen LogP) is 4.59. The Labute approximate surface area is 241 Å². The molecule has 0 spiro atoms. The average molecular weight is 600 g/mol. The van der Waals surface area contributed by atoms with Crippen molar-refractivity contribution in [2.45, 2.75) is 26.1 Å². The van der Waals surface area contributed by atoms with Gasteiger partial charge in [0.1, 0.15) is 24.1 Å². The Kier molecular flexibility index (Phi) is 7.15. The number of rotatable bonds is 6. The molecule has 1 aliphatic heterocycles. The smallest absolute Gasteiger partial charge is 0.416 e. The number of carbonyl (C=O) groups excluding carboxylic acids is 1. The molecule has 10 nitrogen and oxygen atoms in total. The molecule has 6 rings (SSSR count). The lowest BCUT2D eigenvalue weighted by atomic mass is 10.2. The van der Waals surface area contributed by atoms with Gasteiger partial charge in [-0.05, 0) is 30.7 Å². The van der Waals surface area contributed by atoms with Gasteiger partial charge < -0.3 is 24.5 Å². The first-order chi connectivity index (χ1) is 20.2. The van der Waals surface area contributed by atoms with Crippen LogP contribution in [0.2, 0.25) is 5.02 Å². The minimum Gasteiger partial charge on any atom is -0.464 e. The van der Waals surface area contributed by atoms with Gasteiger partial charge in [0, 0.05) is 31.6 Å². The highest BCUT2D eigenvalue weighted by molar-refractivity contribution is 6.33. The van der Waals surface area contributed by atoms with Gasteiger partial charge in [0.05, 0.1) is 27.5 Å². The maximum absolute atomic E-state index is 13.9. The summed E-state index contributed by atoms with van der Waals surface area (Å²) in [6.07, 6.45) is -2.66. The van der Waals surface area contributed by atoms with E-state index in [9.17, 15) is 22.8 Å². The highest BCUT2D eigenvalue weighted by atomic mass is 35.5. The second kappa shape index (κ2) is 10.8. The van der Waals surface area contributed by atoms with Crippen LogP contribution in [-0.2, 0) is 23.9 Å². The zero-order valence-electron chi connectivity index (χ0n) is 22.3. The zero-order valence-corrected chi connectivity index (χ0v) is 23.1. The second-order valence-corrected chi connectivity index (χ2v) is 10.2. The van der Waals surface area contributed by atoms with Crippen LogP contribution in [0.5, 0.6) is 0 Å². The van der Waals surface area contributed by atoms with Gasteiger partial charge in [-0.1, -0.05) is 36.7 Å². The number of piperazine rings is 1. The van der Waals surface area contributed by atoms with Gasteiger partial charge in [0.2, 0.25) is 11.7 Å². The molecule has 14 heteroatoms. The summed E-state index contributed by atoms with van der Waals surface area (Å²) in [4.78, 5) is 33.9. The van der Waals surface area contributed by atoms with Crippen molar-refractivity contribution < 1.29 is 22.4 Å². The third-order valence-electron chi connectivity index (χ3n) is 7.19. The first-order valence-corrected chi connectivity index (χ1v) is 13.6. The number of fused-ring (bicyclic) bond motifs is 2. The van der Waals surface area contributed by atoms with Gasteiger partial charge in [0.25, 0.3) is 5.56 Å². The average Bonchev–Trinajstić information content (AvgIpc) is 3.60. The molecule has 218 valence electrons. The van der Waals surface area contributed by atoms with E-state index in [0.717, 1.165) is 23.6 Å². The lowest BCUT2D eigenvalue weighted by molar-refractivity contribution is -0.137. The van der Waals surface area contributed by atoms with Crippen LogP contribution in [0, 0.1) is 0 Å². The zero-order chi connectivity index (χ0) is 29.6. The van der Waals surface area contributed by atoms with Crippen molar-refractivity contribution in [1.82, 2.24) is 24.5 Å². The van der Waals surface area contributed by atoms with Crippen LogP contribution in [0.4, 0.5) is 24.5 Å². The molecule has 2 N–H and O–H groups in total. The van der Waals surface area contributed by atoms with E-state index in [1.54, 1.807) is 4.57 Å². The van der Waals surface area contributed by atoms with Gasteiger partial charge >= 0.3 is 6.18 Å². The van der Waals surface area contributed by atoms with E-state index >= 15 is 0 Å². The monoisotopic (exact) mass is 599 g/mol. The minimum absolute atomic E-state index is 0.0270. The number of amides is 1. The molecule has 0 saturated carbocycles. The highest BCUT2D eigenvalue weighted by Gasteiger charge is 2.31. The minimum atomic E-state index is -4.57. The highest BCUT2D eigenvalue weighted by Crippen LogP contribution is 2.34. The van der Waals surface area contributed by atoms with Crippen LogP contribution in [0.1, 0.15) is 18.2 Å². The third kappa shape index (κ3) is 4.98. The van der Waals surface area contributed by atoms with Gasteiger partial charge in [0.15, 0.2) is 5.82 Å². The van der Waals surface area contributed by atoms with Crippen LogP contribution in [0.25, 0.3) is 28.1 Å². The molecule has 4 heterocycles.